The number of hydrogen-bond donors (Lipinski definition) is 1. The Kier molecular flexibility index (Phi) is 7.07. The van der Waals surface area contributed by atoms with Gasteiger partial charge in [-0.05, 0) is 59.9 Å². The summed E-state index contributed by atoms with van der Waals surface area (Å²) in [6.07, 6.45) is 5.43. The number of anilines is 1. The Morgan fingerprint density at radius 3 is 2.54 bits per heavy atom. The van der Waals surface area contributed by atoms with Gasteiger partial charge in [0.2, 0.25) is 0 Å². The standard InChI is InChI=1S/C23H22Cl2N2O/c1-2-17-5-3-4-6-19(17)23(27-21-9-8-18(24)15-20(21)25)22(28)10-7-16-11-13-26-14-12-16/h3-6,8-9,11-15,23,27H,2,7,10H2,1H3. The molecule has 0 aliphatic rings. The van der Waals surface area contributed by atoms with Gasteiger partial charge in [-0.3, -0.25) is 9.78 Å². The molecule has 2 aromatic carbocycles. The van der Waals surface area contributed by atoms with Crippen molar-refractivity contribution < 1.29 is 4.79 Å². The van der Waals surface area contributed by atoms with Crippen LogP contribution in [0.3, 0.4) is 0 Å². The zero-order valence-corrected chi connectivity index (χ0v) is 17.2. The van der Waals surface area contributed by atoms with Gasteiger partial charge < -0.3 is 5.32 Å². The molecule has 0 amide bonds. The molecule has 0 radical (unpaired) electrons. The molecule has 3 aromatic rings. The average molecular weight is 413 g/mol. The molecular weight excluding hydrogens is 391 g/mol. The predicted octanol–water partition coefficient (Wildman–Crippen LogP) is 6.31. The largest absolute Gasteiger partial charge is 0.370 e. The topological polar surface area (TPSA) is 42.0 Å². The van der Waals surface area contributed by atoms with Gasteiger partial charge in [0.15, 0.2) is 5.78 Å². The Bertz CT molecular complexity index is 944. The highest BCUT2D eigenvalue weighted by Crippen LogP contribution is 2.31. The number of aryl methyl sites for hydroxylation is 2. The third-order valence-electron chi connectivity index (χ3n) is 4.71. The van der Waals surface area contributed by atoms with Crippen molar-refractivity contribution in [1.29, 1.82) is 0 Å². The molecule has 0 spiro atoms. The smallest absolute Gasteiger partial charge is 0.159 e. The third kappa shape index (κ3) is 5.12. The number of ketones is 1. The fourth-order valence-electron chi connectivity index (χ4n) is 3.19. The summed E-state index contributed by atoms with van der Waals surface area (Å²) >= 11 is 12.4. The van der Waals surface area contributed by atoms with Crippen LogP contribution in [0, 0.1) is 0 Å². The molecule has 1 atom stereocenters. The Labute approximate surface area is 175 Å². The summed E-state index contributed by atoms with van der Waals surface area (Å²) < 4.78 is 0. The van der Waals surface area contributed by atoms with Gasteiger partial charge in [0.25, 0.3) is 0 Å². The Morgan fingerprint density at radius 1 is 1.07 bits per heavy atom. The number of pyridine rings is 1. The molecule has 0 saturated heterocycles. The third-order valence-corrected chi connectivity index (χ3v) is 5.26. The summed E-state index contributed by atoms with van der Waals surface area (Å²) in [5.74, 6) is 0.115. The molecular formula is C23H22Cl2N2O. The Hall–Kier alpha value is -2.36. The lowest BCUT2D eigenvalue weighted by Gasteiger charge is -2.22. The van der Waals surface area contributed by atoms with E-state index in [2.05, 4.69) is 23.3 Å². The van der Waals surface area contributed by atoms with Gasteiger partial charge in [-0.1, -0.05) is 54.4 Å². The number of rotatable bonds is 8. The minimum Gasteiger partial charge on any atom is -0.370 e. The molecule has 0 bridgehead atoms. The van der Waals surface area contributed by atoms with E-state index in [1.165, 1.54) is 0 Å². The van der Waals surface area contributed by atoms with Crippen LogP contribution in [0.2, 0.25) is 10.0 Å². The molecule has 3 rings (SSSR count). The van der Waals surface area contributed by atoms with Gasteiger partial charge in [-0.25, -0.2) is 0 Å². The fourth-order valence-corrected chi connectivity index (χ4v) is 3.66. The minimum atomic E-state index is -0.475. The van der Waals surface area contributed by atoms with Crippen molar-refractivity contribution in [3.05, 3.63) is 93.7 Å². The number of nitrogens with zero attached hydrogens (tertiary/aromatic N) is 1. The van der Waals surface area contributed by atoms with Crippen LogP contribution in [0.25, 0.3) is 0 Å². The van der Waals surface area contributed by atoms with Crippen LogP contribution in [0.1, 0.15) is 36.1 Å². The first kappa shape index (κ1) is 20.4. The van der Waals surface area contributed by atoms with E-state index in [0.29, 0.717) is 28.6 Å². The van der Waals surface area contributed by atoms with Crippen LogP contribution >= 0.6 is 23.2 Å². The van der Waals surface area contributed by atoms with Crippen molar-refractivity contribution in [1.82, 2.24) is 4.98 Å². The van der Waals surface area contributed by atoms with Crippen molar-refractivity contribution >= 4 is 34.7 Å². The number of aromatic nitrogens is 1. The number of Topliss-reactive ketones (excluding diaryl/α,β-unsaturated/α-hetero) is 1. The predicted molar refractivity (Wildman–Crippen MR) is 116 cm³/mol. The number of carbonyl (C=O) groups is 1. The molecule has 0 aliphatic carbocycles. The molecule has 28 heavy (non-hydrogen) atoms. The second kappa shape index (κ2) is 9.72. The summed E-state index contributed by atoms with van der Waals surface area (Å²) in [7, 11) is 0. The van der Waals surface area contributed by atoms with Crippen molar-refractivity contribution in [2.45, 2.75) is 32.2 Å². The van der Waals surface area contributed by atoms with E-state index in [1.54, 1.807) is 24.5 Å². The van der Waals surface area contributed by atoms with Crippen molar-refractivity contribution in [2.75, 3.05) is 5.32 Å². The summed E-state index contributed by atoms with van der Waals surface area (Å²) in [6, 6.07) is 16.7. The highest BCUT2D eigenvalue weighted by atomic mass is 35.5. The number of carbonyl (C=O) groups excluding carboxylic acids is 1. The summed E-state index contributed by atoms with van der Waals surface area (Å²) in [5, 5.41) is 4.40. The summed E-state index contributed by atoms with van der Waals surface area (Å²) in [6.45, 7) is 2.09. The average Bonchev–Trinajstić information content (AvgIpc) is 2.72. The van der Waals surface area contributed by atoms with Gasteiger partial charge in [-0.15, -0.1) is 0 Å². The molecule has 5 heteroatoms. The van der Waals surface area contributed by atoms with Crippen LogP contribution in [0.5, 0.6) is 0 Å². The lowest BCUT2D eigenvalue weighted by Crippen LogP contribution is -2.23. The number of benzene rings is 2. The van der Waals surface area contributed by atoms with E-state index in [4.69, 9.17) is 23.2 Å². The molecule has 0 fully saturated rings. The first-order chi connectivity index (χ1) is 13.6. The second-order valence-corrected chi connectivity index (χ2v) is 7.42. The highest BCUT2D eigenvalue weighted by molar-refractivity contribution is 6.36. The maximum Gasteiger partial charge on any atom is 0.159 e. The lowest BCUT2D eigenvalue weighted by molar-refractivity contribution is -0.119. The first-order valence-electron chi connectivity index (χ1n) is 9.29. The number of hydrogen-bond acceptors (Lipinski definition) is 3. The Morgan fingerprint density at radius 2 is 1.82 bits per heavy atom. The van der Waals surface area contributed by atoms with Crippen LogP contribution in [0.15, 0.2) is 67.0 Å². The van der Waals surface area contributed by atoms with Crippen molar-refractivity contribution in [3.8, 4) is 0 Å². The summed E-state index contributed by atoms with van der Waals surface area (Å²) in [5.41, 5.74) is 3.91. The molecule has 1 unspecified atom stereocenters. The molecule has 1 heterocycles. The number of halogens is 2. The first-order valence-corrected chi connectivity index (χ1v) is 10.0. The molecule has 144 valence electrons. The van der Waals surface area contributed by atoms with Gasteiger partial charge in [0.1, 0.15) is 6.04 Å². The van der Waals surface area contributed by atoms with Crippen LogP contribution in [0.4, 0.5) is 5.69 Å². The molecule has 0 saturated carbocycles. The van der Waals surface area contributed by atoms with Crippen LogP contribution in [-0.2, 0) is 17.6 Å². The molecule has 0 aliphatic heterocycles. The number of nitrogens with one attached hydrogen (secondary N) is 1. The molecule has 1 N–H and O–H groups in total. The van der Waals surface area contributed by atoms with Crippen molar-refractivity contribution in [2.24, 2.45) is 0 Å². The van der Waals surface area contributed by atoms with Crippen LogP contribution < -0.4 is 5.32 Å². The van der Waals surface area contributed by atoms with E-state index in [9.17, 15) is 4.79 Å². The zero-order valence-electron chi connectivity index (χ0n) is 15.7. The SMILES string of the molecule is CCc1ccccc1C(Nc1ccc(Cl)cc1Cl)C(=O)CCc1ccncc1. The maximum atomic E-state index is 13.2. The fraction of sp³-hybridized carbons (Fsp3) is 0.217. The van der Waals surface area contributed by atoms with Gasteiger partial charge >= 0.3 is 0 Å². The normalized spacial score (nSPS) is 11.8. The quantitative estimate of drug-likeness (QED) is 0.471. The highest BCUT2D eigenvalue weighted by Gasteiger charge is 2.23. The van der Waals surface area contributed by atoms with E-state index in [-0.39, 0.29) is 5.78 Å². The van der Waals surface area contributed by atoms with Crippen LogP contribution in [-0.4, -0.2) is 10.8 Å². The Balaban J connectivity index is 1.88. The minimum absolute atomic E-state index is 0.115. The van der Waals surface area contributed by atoms with E-state index < -0.39 is 6.04 Å². The zero-order chi connectivity index (χ0) is 19.9. The monoisotopic (exact) mass is 412 g/mol. The van der Waals surface area contributed by atoms with Gasteiger partial charge in [0.05, 0.1) is 10.7 Å². The summed E-state index contributed by atoms with van der Waals surface area (Å²) in [4.78, 5) is 17.2. The molecule has 1 aromatic heterocycles. The maximum absolute atomic E-state index is 13.2. The van der Waals surface area contributed by atoms with Gasteiger partial charge in [0, 0.05) is 23.8 Å². The van der Waals surface area contributed by atoms with E-state index in [0.717, 1.165) is 23.1 Å². The molecule has 3 nitrogen and oxygen atoms in total. The van der Waals surface area contributed by atoms with Crippen molar-refractivity contribution in [3.63, 3.8) is 0 Å². The van der Waals surface area contributed by atoms with E-state index >= 15 is 0 Å². The van der Waals surface area contributed by atoms with Gasteiger partial charge in [-0.2, -0.15) is 0 Å². The van der Waals surface area contributed by atoms with E-state index in [1.807, 2.05) is 36.4 Å². The second-order valence-electron chi connectivity index (χ2n) is 6.58. The lowest BCUT2D eigenvalue weighted by atomic mass is 9.93.